The van der Waals surface area contributed by atoms with Gasteiger partial charge in [-0.2, -0.15) is 4.98 Å². The number of hydrogen-bond donors (Lipinski definition) is 1. The smallest absolute Gasteiger partial charge is 0.225 e. The van der Waals surface area contributed by atoms with E-state index in [1.165, 1.54) is 5.56 Å². The lowest BCUT2D eigenvalue weighted by molar-refractivity contribution is 0.671. The van der Waals surface area contributed by atoms with Crippen molar-refractivity contribution in [1.82, 2.24) is 15.0 Å². The zero-order chi connectivity index (χ0) is 18.4. The molecule has 0 bridgehead atoms. The molecule has 0 aliphatic heterocycles. The molecule has 0 aliphatic carbocycles. The molecule has 0 saturated heterocycles. The SMILES string of the molecule is Cc1cc(N(Cc2ccccc2)C(C)C)nc(NCc2cccnc2)n1. The number of nitrogens with zero attached hydrogens (tertiary/aromatic N) is 4. The molecule has 134 valence electrons. The van der Waals surface area contributed by atoms with E-state index in [0.29, 0.717) is 18.5 Å². The van der Waals surface area contributed by atoms with Crippen LogP contribution in [0.25, 0.3) is 0 Å². The Kier molecular flexibility index (Phi) is 5.79. The van der Waals surface area contributed by atoms with Crippen LogP contribution in [-0.2, 0) is 13.1 Å². The number of benzene rings is 1. The number of aromatic nitrogens is 3. The van der Waals surface area contributed by atoms with Gasteiger partial charge in [-0.15, -0.1) is 0 Å². The summed E-state index contributed by atoms with van der Waals surface area (Å²) in [5.74, 6) is 1.58. The zero-order valence-electron chi connectivity index (χ0n) is 15.6. The van der Waals surface area contributed by atoms with Gasteiger partial charge in [0.2, 0.25) is 5.95 Å². The summed E-state index contributed by atoms with van der Waals surface area (Å²) in [4.78, 5) is 15.7. The van der Waals surface area contributed by atoms with Crippen LogP contribution in [0.3, 0.4) is 0 Å². The highest BCUT2D eigenvalue weighted by Crippen LogP contribution is 2.20. The van der Waals surface area contributed by atoms with Crippen LogP contribution in [0.1, 0.15) is 30.7 Å². The molecule has 26 heavy (non-hydrogen) atoms. The molecule has 0 fully saturated rings. The Morgan fingerprint density at radius 2 is 1.77 bits per heavy atom. The summed E-state index contributed by atoms with van der Waals surface area (Å²) in [6.45, 7) is 7.84. The summed E-state index contributed by atoms with van der Waals surface area (Å²) in [7, 11) is 0. The molecule has 0 unspecified atom stereocenters. The monoisotopic (exact) mass is 347 g/mol. The first-order valence-electron chi connectivity index (χ1n) is 8.91. The maximum absolute atomic E-state index is 4.75. The van der Waals surface area contributed by atoms with Gasteiger partial charge in [0.15, 0.2) is 0 Å². The van der Waals surface area contributed by atoms with E-state index in [1.54, 1.807) is 6.20 Å². The summed E-state index contributed by atoms with van der Waals surface area (Å²) in [5, 5.41) is 3.31. The first kappa shape index (κ1) is 17.9. The van der Waals surface area contributed by atoms with Crippen LogP contribution in [0.5, 0.6) is 0 Å². The van der Waals surface area contributed by atoms with E-state index < -0.39 is 0 Å². The molecule has 5 heteroatoms. The van der Waals surface area contributed by atoms with Gasteiger partial charge in [-0.3, -0.25) is 4.98 Å². The van der Waals surface area contributed by atoms with E-state index in [0.717, 1.165) is 23.6 Å². The van der Waals surface area contributed by atoms with Crippen molar-refractivity contribution < 1.29 is 0 Å². The fourth-order valence-corrected chi connectivity index (χ4v) is 2.77. The maximum atomic E-state index is 4.75. The molecular formula is C21H25N5. The second kappa shape index (κ2) is 8.43. The maximum Gasteiger partial charge on any atom is 0.225 e. The molecular weight excluding hydrogens is 322 g/mol. The third kappa shape index (κ3) is 4.79. The molecule has 3 rings (SSSR count). The number of anilines is 2. The van der Waals surface area contributed by atoms with Crippen LogP contribution in [0, 0.1) is 6.92 Å². The fourth-order valence-electron chi connectivity index (χ4n) is 2.77. The second-order valence-electron chi connectivity index (χ2n) is 6.61. The van der Waals surface area contributed by atoms with E-state index in [1.807, 2.05) is 37.4 Å². The van der Waals surface area contributed by atoms with Crippen LogP contribution in [0.2, 0.25) is 0 Å². The summed E-state index contributed by atoms with van der Waals surface area (Å²) < 4.78 is 0. The molecule has 3 aromatic rings. The molecule has 5 nitrogen and oxygen atoms in total. The molecule has 1 aromatic carbocycles. The Morgan fingerprint density at radius 1 is 1.00 bits per heavy atom. The molecule has 1 N–H and O–H groups in total. The van der Waals surface area contributed by atoms with Crippen molar-refractivity contribution in [2.24, 2.45) is 0 Å². The van der Waals surface area contributed by atoms with Crippen molar-refractivity contribution in [3.05, 3.63) is 77.7 Å². The van der Waals surface area contributed by atoms with Crippen molar-refractivity contribution in [1.29, 1.82) is 0 Å². The van der Waals surface area contributed by atoms with Gasteiger partial charge in [0.25, 0.3) is 0 Å². The molecule has 2 aromatic heterocycles. The largest absolute Gasteiger partial charge is 0.350 e. The quantitative estimate of drug-likeness (QED) is 0.694. The first-order chi connectivity index (χ1) is 12.6. The van der Waals surface area contributed by atoms with Crippen molar-refractivity contribution in [2.45, 2.75) is 39.9 Å². The average molecular weight is 347 g/mol. The third-order valence-electron chi connectivity index (χ3n) is 4.13. The van der Waals surface area contributed by atoms with E-state index in [4.69, 9.17) is 4.98 Å². The standard InChI is InChI=1S/C21H25N5/c1-16(2)26(15-18-8-5-4-6-9-18)20-12-17(3)24-21(25-20)23-14-19-10-7-11-22-13-19/h4-13,16H,14-15H2,1-3H3,(H,23,24,25). The number of aryl methyl sites for hydroxylation is 1. The number of nitrogens with one attached hydrogen (secondary N) is 1. The highest BCUT2D eigenvalue weighted by atomic mass is 15.2. The lowest BCUT2D eigenvalue weighted by Gasteiger charge is -2.28. The van der Waals surface area contributed by atoms with Crippen LogP contribution in [0.15, 0.2) is 60.9 Å². The minimum Gasteiger partial charge on any atom is -0.350 e. The van der Waals surface area contributed by atoms with Crippen LogP contribution in [0.4, 0.5) is 11.8 Å². The van der Waals surface area contributed by atoms with Crippen molar-refractivity contribution >= 4 is 11.8 Å². The fraction of sp³-hybridized carbons (Fsp3) is 0.286. The average Bonchev–Trinajstić information content (AvgIpc) is 2.65. The van der Waals surface area contributed by atoms with E-state index >= 15 is 0 Å². The zero-order valence-corrected chi connectivity index (χ0v) is 15.6. The molecule has 0 atom stereocenters. The Bertz CT molecular complexity index is 818. The Morgan fingerprint density at radius 3 is 2.46 bits per heavy atom. The van der Waals surface area contributed by atoms with Crippen molar-refractivity contribution in [2.75, 3.05) is 10.2 Å². The summed E-state index contributed by atoms with van der Waals surface area (Å²) >= 11 is 0. The highest BCUT2D eigenvalue weighted by Gasteiger charge is 2.14. The van der Waals surface area contributed by atoms with Crippen LogP contribution < -0.4 is 10.2 Å². The summed E-state index contributed by atoms with van der Waals surface area (Å²) in [6.07, 6.45) is 3.62. The van der Waals surface area contributed by atoms with Gasteiger partial charge in [0.1, 0.15) is 5.82 Å². The van der Waals surface area contributed by atoms with Crippen LogP contribution in [-0.4, -0.2) is 21.0 Å². The molecule has 0 radical (unpaired) electrons. The minimum absolute atomic E-state index is 0.329. The number of hydrogen-bond acceptors (Lipinski definition) is 5. The lowest BCUT2D eigenvalue weighted by Crippen LogP contribution is -2.31. The highest BCUT2D eigenvalue weighted by molar-refractivity contribution is 5.46. The van der Waals surface area contributed by atoms with E-state index in [-0.39, 0.29) is 0 Å². The molecule has 0 spiro atoms. The van der Waals surface area contributed by atoms with E-state index in [2.05, 4.69) is 58.3 Å². The third-order valence-corrected chi connectivity index (χ3v) is 4.13. The van der Waals surface area contributed by atoms with Gasteiger partial charge in [0, 0.05) is 43.3 Å². The molecule has 0 saturated carbocycles. The van der Waals surface area contributed by atoms with Gasteiger partial charge in [0.05, 0.1) is 0 Å². The van der Waals surface area contributed by atoms with Gasteiger partial charge in [-0.25, -0.2) is 4.98 Å². The van der Waals surface area contributed by atoms with Gasteiger partial charge >= 0.3 is 0 Å². The normalized spacial score (nSPS) is 10.8. The number of pyridine rings is 1. The predicted molar refractivity (Wildman–Crippen MR) is 106 cm³/mol. The van der Waals surface area contributed by atoms with Crippen molar-refractivity contribution in [3.8, 4) is 0 Å². The Hall–Kier alpha value is -2.95. The minimum atomic E-state index is 0.329. The second-order valence-corrected chi connectivity index (χ2v) is 6.61. The molecule has 0 amide bonds. The van der Waals surface area contributed by atoms with Gasteiger partial charge < -0.3 is 10.2 Å². The molecule has 2 heterocycles. The van der Waals surface area contributed by atoms with Crippen LogP contribution >= 0.6 is 0 Å². The predicted octanol–water partition coefficient (Wildman–Crippen LogP) is 4.21. The Balaban J connectivity index is 1.80. The van der Waals surface area contributed by atoms with Gasteiger partial charge in [-0.05, 0) is 38.0 Å². The van der Waals surface area contributed by atoms with E-state index in [9.17, 15) is 0 Å². The van der Waals surface area contributed by atoms with Gasteiger partial charge in [-0.1, -0.05) is 36.4 Å². The summed E-state index contributed by atoms with van der Waals surface area (Å²) in [5.41, 5.74) is 3.31. The number of rotatable bonds is 7. The Labute approximate surface area is 155 Å². The lowest BCUT2D eigenvalue weighted by atomic mass is 10.2. The summed E-state index contributed by atoms with van der Waals surface area (Å²) in [6, 6.07) is 16.8. The van der Waals surface area contributed by atoms with Crippen molar-refractivity contribution in [3.63, 3.8) is 0 Å². The topological polar surface area (TPSA) is 53.9 Å². The molecule has 0 aliphatic rings. The first-order valence-corrected chi connectivity index (χ1v) is 8.91.